The van der Waals surface area contributed by atoms with Gasteiger partial charge >= 0.3 is 0 Å². The highest BCUT2D eigenvalue weighted by atomic mass is 16.3. The molecule has 0 aliphatic heterocycles. The lowest BCUT2D eigenvalue weighted by molar-refractivity contribution is 0.453. The molecule has 0 fully saturated rings. The second-order valence-corrected chi connectivity index (χ2v) is 3.96. The zero-order valence-corrected chi connectivity index (χ0v) is 9.25. The van der Waals surface area contributed by atoms with Crippen molar-refractivity contribution < 1.29 is 15.3 Å². The maximum absolute atomic E-state index is 9.76. The minimum atomic E-state index is -0.0571. The van der Waals surface area contributed by atoms with Crippen LogP contribution in [0.1, 0.15) is 0 Å². The fourth-order valence-corrected chi connectivity index (χ4v) is 1.89. The number of H-pyrrole nitrogens is 1. The third-order valence-corrected chi connectivity index (χ3v) is 2.72. The summed E-state index contributed by atoms with van der Waals surface area (Å²) in [6.07, 6.45) is 0. The Morgan fingerprint density at radius 2 is 1.67 bits per heavy atom. The van der Waals surface area contributed by atoms with Crippen LogP contribution in [0.3, 0.4) is 0 Å². The molecule has 0 saturated carbocycles. The van der Waals surface area contributed by atoms with Gasteiger partial charge in [-0.05, 0) is 24.3 Å². The molecule has 0 spiro atoms. The van der Waals surface area contributed by atoms with Crippen LogP contribution < -0.4 is 0 Å². The molecule has 3 rings (SSSR count). The third-order valence-electron chi connectivity index (χ3n) is 2.72. The molecule has 4 N–H and O–H groups in total. The summed E-state index contributed by atoms with van der Waals surface area (Å²) >= 11 is 0. The molecule has 3 aromatic rings. The van der Waals surface area contributed by atoms with Crippen molar-refractivity contribution in [3.05, 3.63) is 36.4 Å². The highest BCUT2D eigenvalue weighted by molar-refractivity contribution is 5.83. The highest BCUT2D eigenvalue weighted by Crippen LogP contribution is 2.36. The van der Waals surface area contributed by atoms with E-state index in [-0.39, 0.29) is 22.8 Å². The average Bonchev–Trinajstić information content (AvgIpc) is 2.71. The predicted molar refractivity (Wildman–Crippen MR) is 66.5 cm³/mol. The van der Waals surface area contributed by atoms with Gasteiger partial charge in [0.25, 0.3) is 0 Å². The van der Waals surface area contributed by atoms with Gasteiger partial charge in [-0.3, -0.25) is 0 Å². The number of fused-ring (bicyclic) bond motifs is 1. The first-order valence-corrected chi connectivity index (χ1v) is 5.35. The summed E-state index contributed by atoms with van der Waals surface area (Å²) in [5, 5.41) is 28.9. The van der Waals surface area contributed by atoms with Crippen molar-refractivity contribution >= 4 is 11.0 Å². The number of benzene rings is 2. The standard InChI is InChI=1S/C13H10N2O3/c16-7-4-5-8-9(6-7)15-13(14-8)12-10(17)2-1-3-11(12)18/h1-6,16-18H,(H,14,15). The van der Waals surface area contributed by atoms with Crippen molar-refractivity contribution in [2.45, 2.75) is 0 Å². The Bertz CT molecular complexity index is 714. The van der Waals surface area contributed by atoms with Gasteiger partial charge in [0.05, 0.1) is 11.0 Å². The summed E-state index contributed by atoms with van der Waals surface area (Å²) in [6.45, 7) is 0. The average molecular weight is 242 g/mol. The molecule has 5 heteroatoms. The lowest BCUT2D eigenvalue weighted by Gasteiger charge is -2.02. The van der Waals surface area contributed by atoms with Crippen molar-refractivity contribution in [2.24, 2.45) is 0 Å². The number of rotatable bonds is 1. The van der Waals surface area contributed by atoms with Crippen LogP contribution in [0.25, 0.3) is 22.4 Å². The van der Waals surface area contributed by atoms with Gasteiger partial charge in [0, 0.05) is 6.07 Å². The van der Waals surface area contributed by atoms with Crippen molar-refractivity contribution in [1.29, 1.82) is 0 Å². The number of phenols is 3. The molecule has 18 heavy (non-hydrogen) atoms. The molecular formula is C13H10N2O3. The van der Waals surface area contributed by atoms with E-state index in [1.54, 1.807) is 12.1 Å². The fraction of sp³-hybridized carbons (Fsp3) is 0. The minimum Gasteiger partial charge on any atom is -0.508 e. The zero-order chi connectivity index (χ0) is 12.7. The molecule has 0 saturated heterocycles. The van der Waals surface area contributed by atoms with E-state index in [0.29, 0.717) is 16.9 Å². The molecule has 0 atom stereocenters. The van der Waals surface area contributed by atoms with Gasteiger partial charge in [-0.2, -0.15) is 0 Å². The maximum Gasteiger partial charge on any atom is 0.146 e. The van der Waals surface area contributed by atoms with Crippen molar-refractivity contribution in [3.8, 4) is 28.6 Å². The smallest absolute Gasteiger partial charge is 0.146 e. The SMILES string of the molecule is Oc1ccc2nc(-c3c(O)cccc3O)[nH]c2c1. The van der Waals surface area contributed by atoms with Crippen molar-refractivity contribution in [3.63, 3.8) is 0 Å². The van der Waals surface area contributed by atoms with Gasteiger partial charge < -0.3 is 20.3 Å². The van der Waals surface area contributed by atoms with Crippen LogP contribution in [0, 0.1) is 0 Å². The van der Waals surface area contributed by atoms with E-state index in [9.17, 15) is 15.3 Å². The van der Waals surface area contributed by atoms with Crippen LogP contribution in [0.4, 0.5) is 0 Å². The van der Waals surface area contributed by atoms with Crippen LogP contribution in [0.15, 0.2) is 36.4 Å². The monoisotopic (exact) mass is 242 g/mol. The number of hydrogen-bond acceptors (Lipinski definition) is 4. The first-order valence-electron chi connectivity index (χ1n) is 5.35. The van der Waals surface area contributed by atoms with E-state index in [1.807, 2.05) is 0 Å². The molecule has 1 heterocycles. The Balaban J connectivity index is 2.26. The van der Waals surface area contributed by atoms with Crippen molar-refractivity contribution in [1.82, 2.24) is 9.97 Å². The second-order valence-electron chi connectivity index (χ2n) is 3.96. The molecule has 0 aliphatic rings. The number of aromatic amines is 1. The van der Waals surface area contributed by atoms with Gasteiger partial charge in [0.2, 0.25) is 0 Å². The molecule has 2 aromatic carbocycles. The van der Waals surface area contributed by atoms with Crippen LogP contribution in [0.2, 0.25) is 0 Å². The summed E-state index contributed by atoms with van der Waals surface area (Å²) in [7, 11) is 0. The molecule has 90 valence electrons. The Morgan fingerprint density at radius 3 is 2.39 bits per heavy atom. The van der Waals surface area contributed by atoms with Crippen LogP contribution in [0.5, 0.6) is 17.2 Å². The van der Waals surface area contributed by atoms with Crippen LogP contribution in [-0.2, 0) is 0 Å². The molecule has 1 aromatic heterocycles. The van der Waals surface area contributed by atoms with E-state index in [2.05, 4.69) is 9.97 Å². The topological polar surface area (TPSA) is 89.4 Å². The molecule has 0 radical (unpaired) electrons. The quantitative estimate of drug-likeness (QED) is 0.527. The summed E-state index contributed by atoms with van der Waals surface area (Å²) in [5.41, 5.74) is 1.52. The molecule has 0 bridgehead atoms. The number of imidazole rings is 1. The number of hydrogen-bond donors (Lipinski definition) is 4. The minimum absolute atomic E-state index is 0.0571. The number of aromatic hydroxyl groups is 3. The molecular weight excluding hydrogens is 232 g/mol. The lowest BCUT2D eigenvalue weighted by Crippen LogP contribution is -1.82. The van der Waals surface area contributed by atoms with Crippen LogP contribution >= 0.6 is 0 Å². The Morgan fingerprint density at radius 1 is 0.944 bits per heavy atom. The Kier molecular flexibility index (Phi) is 2.13. The first kappa shape index (κ1) is 10.5. The van der Waals surface area contributed by atoms with E-state index >= 15 is 0 Å². The molecule has 5 nitrogen and oxygen atoms in total. The van der Waals surface area contributed by atoms with Gasteiger partial charge in [0.1, 0.15) is 28.6 Å². The predicted octanol–water partition coefficient (Wildman–Crippen LogP) is 2.35. The Labute approximate surface area is 102 Å². The molecule has 0 aliphatic carbocycles. The van der Waals surface area contributed by atoms with E-state index < -0.39 is 0 Å². The summed E-state index contributed by atoms with van der Waals surface area (Å²) in [5.74, 6) is 0.363. The molecule has 0 amide bonds. The highest BCUT2D eigenvalue weighted by Gasteiger charge is 2.13. The maximum atomic E-state index is 9.76. The van der Waals surface area contributed by atoms with Gasteiger partial charge in [-0.15, -0.1) is 0 Å². The second kappa shape index (κ2) is 3.66. The number of nitrogens with zero attached hydrogens (tertiary/aromatic N) is 1. The largest absolute Gasteiger partial charge is 0.508 e. The lowest BCUT2D eigenvalue weighted by atomic mass is 10.1. The zero-order valence-electron chi connectivity index (χ0n) is 9.25. The van der Waals surface area contributed by atoms with Gasteiger partial charge in [-0.1, -0.05) is 6.07 Å². The summed E-state index contributed by atoms with van der Waals surface area (Å²) in [4.78, 5) is 7.20. The van der Waals surface area contributed by atoms with Gasteiger partial charge in [0.15, 0.2) is 0 Å². The normalized spacial score (nSPS) is 10.9. The van der Waals surface area contributed by atoms with E-state index in [1.165, 1.54) is 24.3 Å². The van der Waals surface area contributed by atoms with E-state index in [0.717, 1.165) is 0 Å². The molecule has 0 unspecified atom stereocenters. The van der Waals surface area contributed by atoms with Gasteiger partial charge in [-0.25, -0.2) is 4.98 Å². The number of nitrogens with one attached hydrogen (secondary N) is 1. The first-order chi connectivity index (χ1) is 8.65. The summed E-state index contributed by atoms with van der Waals surface area (Å²) in [6, 6.07) is 9.20. The van der Waals surface area contributed by atoms with Crippen molar-refractivity contribution in [2.75, 3.05) is 0 Å². The van der Waals surface area contributed by atoms with Crippen LogP contribution in [-0.4, -0.2) is 25.3 Å². The number of aromatic nitrogens is 2. The fourth-order valence-electron chi connectivity index (χ4n) is 1.89. The Hall–Kier alpha value is -2.69. The number of phenolic OH excluding ortho intramolecular Hbond substituents is 3. The van der Waals surface area contributed by atoms with E-state index in [4.69, 9.17) is 0 Å². The summed E-state index contributed by atoms with van der Waals surface area (Å²) < 4.78 is 0. The third kappa shape index (κ3) is 1.53.